The van der Waals surface area contributed by atoms with Crippen LogP contribution < -0.4 is 4.90 Å². The molecule has 0 aliphatic carbocycles. The number of hydrogen-bond donors (Lipinski definition) is 0. The average Bonchev–Trinajstić information content (AvgIpc) is 2.78. The van der Waals surface area contributed by atoms with Crippen LogP contribution in [0.3, 0.4) is 0 Å². The summed E-state index contributed by atoms with van der Waals surface area (Å²) in [6, 6.07) is 8.05. The SMILES string of the molecule is COC(=O)CN1CCCn2c1nc1ccccc12. The number of carbonyl (C=O) groups is 1. The topological polar surface area (TPSA) is 47.4 Å². The summed E-state index contributed by atoms with van der Waals surface area (Å²) in [5.41, 5.74) is 2.10. The van der Waals surface area contributed by atoms with Crippen LogP contribution in [0.25, 0.3) is 11.0 Å². The molecule has 2 heterocycles. The summed E-state index contributed by atoms with van der Waals surface area (Å²) in [6.45, 7) is 2.06. The summed E-state index contributed by atoms with van der Waals surface area (Å²) >= 11 is 0. The van der Waals surface area contributed by atoms with E-state index in [-0.39, 0.29) is 12.5 Å². The van der Waals surface area contributed by atoms with Crippen molar-refractivity contribution >= 4 is 23.0 Å². The first kappa shape index (κ1) is 11.1. The van der Waals surface area contributed by atoms with Gasteiger partial charge in [0.2, 0.25) is 5.95 Å². The molecule has 18 heavy (non-hydrogen) atoms. The fourth-order valence-electron chi connectivity index (χ4n) is 2.41. The Morgan fingerprint density at radius 3 is 3.06 bits per heavy atom. The van der Waals surface area contributed by atoms with Crippen molar-refractivity contribution in [1.82, 2.24) is 9.55 Å². The molecule has 0 saturated heterocycles. The number of nitrogens with zero attached hydrogens (tertiary/aromatic N) is 3. The molecule has 0 radical (unpaired) electrons. The number of para-hydroxylation sites is 2. The van der Waals surface area contributed by atoms with Gasteiger partial charge in [-0.05, 0) is 18.6 Å². The number of methoxy groups -OCH3 is 1. The van der Waals surface area contributed by atoms with E-state index in [0.29, 0.717) is 0 Å². The number of hydrogen-bond acceptors (Lipinski definition) is 4. The molecule has 5 heteroatoms. The highest BCUT2D eigenvalue weighted by atomic mass is 16.5. The highest BCUT2D eigenvalue weighted by Crippen LogP contribution is 2.26. The molecule has 0 spiro atoms. The first-order chi connectivity index (χ1) is 8.79. The average molecular weight is 245 g/mol. The van der Waals surface area contributed by atoms with Crippen LogP contribution in [0.15, 0.2) is 24.3 Å². The lowest BCUT2D eigenvalue weighted by atomic mass is 10.3. The van der Waals surface area contributed by atoms with E-state index in [9.17, 15) is 4.79 Å². The van der Waals surface area contributed by atoms with E-state index in [1.54, 1.807) is 0 Å². The predicted molar refractivity (Wildman–Crippen MR) is 68.6 cm³/mol. The predicted octanol–water partition coefficient (Wildman–Crippen LogP) is 1.42. The van der Waals surface area contributed by atoms with E-state index in [0.717, 1.165) is 36.5 Å². The van der Waals surface area contributed by atoms with E-state index in [1.165, 1.54) is 7.11 Å². The molecule has 0 unspecified atom stereocenters. The van der Waals surface area contributed by atoms with Crippen molar-refractivity contribution in [2.75, 3.05) is 25.1 Å². The fourth-order valence-corrected chi connectivity index (χ4v) is 2.41. The van der Waals surface area contributed by atoms with Crippen molar-refractivity contribution in [2.24, 2.45) is 0 Å². The van der Waals surface area contributed by atoms with Gasteiger partial charge in [0.15, 0.2) is 0 Å². The summed E-state index contributed by atoms with van der Waals surface area (Å²) in [4.78, 5) is 18.0. The summed E-state index contributed by atoms with van der Waals surface area (Å²) in [6.07, 6.45) is 1.02. The number of benzene rings is 1. The van der Waals surface area contributed by atoms with Crippen molar-refractivity contribution in [3.8, 4) is 0 Å². The third-order valence-corrected chi connectivity index (χ3v) is 3.27. The Morgan fingerprint density at radius 1 is 1.39 bits per heavy atom. The molecule has 0 bridgehead atoms. The fraction of sp³-hybridized carbons (Fsp3) is 0.385. The van der Waals surface area contributed by atoms with E-state index in [1.807, 2.05) is 23.1 Å². The van der Waals surface area contributed by atoms with E-state index in [2.05, 4.69) is 15.6 Å². The zero-order valence-electron chi connectivity index (χ0n) is 10.3. The molecule has 3 rings (SSSR count). The zero-order chi connectivity index (χ0) is 12.5. The van der Waals surface area contributed by atoms with E-state index in [4.69, 9.17) is 4.74 Å². The molecule has 0 amide bonds. The van der Waals surface area contributed by atoms with Gasteiger partial charge in [-0.2, -0.15) is 0 Å². The van der Waals surface area contributed by atoms with Gasteiger partial charge in [0.25, 0.3) is 0 Å². The Labute approximate surface area is 105 Å². The normalized spacial score (nSPS) is 14.6. The monoisotopic (exact) mass is 245 g/mol. The number of imidazole rings is 1. The largest absolute Gasteiger partial charge is 0.468 e. The highest BCUT2D eigenvalue weighted by Gasteiger charge is 2.22. The van der Waals surface area contributed by atoms with Gasteiger partial charge in [0, 0.05) is 13.1 Å². The quantitative estimate of drug-likeness (QED) is 0.751. The lowest BCUT2D eigenvalue weighted by Crippen LogP contribution is -2.37. The smallest absolute Gasteiger partial charge is 0.325 e. The van der Waals surface area contributed by atoms with Crippen LogP contribution in [-0.2, 0) is 16.1 Å². The summed E-state index contributed by atoms with van der Waals surface area (Å²) in [5, 5.41) is 0. The zero-order valence-corrected chi connectivity index (χ0v) is 10.3. The maximum absolute atomic E-state index is 11.4. The van der Waals surface area contributed by atoms with Crippen molar-refractivity contribution in [1.29, 1.82) is 0 Å². The first-order valence-corrected chi connectivity index (χ1v) is 6.06. The van der Waals surface area contributed by atoms with Crippen LogP contribution in [0.2, 0.25) is 0 Å². The Balaban J connectivity index is 2.02. The van der Waals surface area contributed by atoms with Crippen LogP contribution in [0.4, 0.5) is 5.95 Å². The summed E-state index contributed by atoms with van der Waals surface area (Å²) in [7, 11) is 1.41. The van der Waals surface area contributed by atoms with Crippen LogP contribution in [-0.4, -0.2) is 35.7 Å². The highest BCUT2D eigenvalue weighted by molar-refractivity contribution is 5.81. The minimum atomic E-state index is -0.226. The van der Waals surface area contributed by atoms with Crippen LogP contribution in [0, 0.1) is 0 Å². The van der Waals surface area contributed by atoms with Gasteiger partial charge in [-0.15, -0.1) is 0 Å². The van der Waals surface area contributed by atoms with Crippen molar-refractivity contribution in [3.05, 3.63) is 24.3 Å². The molecule has 1 aromatic carbocycles. The minimum Gasteiger partial charge on any atom is -0.468 e. The molecule has 1 aliphatic heterocycles. The molecule has 5 nitrogen and oxygen atoms in total. The second kappa shape index (κ2) is 4.33. The van der Waals surface area contributed by atoms with Gasteiger partial charge in [-0.25, -0.2) is 4.98 Å². The third-order valence-electron chi connectivity index (χ3n) is 3.27. The lowest BCUT2D eigenvalue weighted by molar-refractivity contribution is -0.139. The van der Waals surface area contributed by atoms with E-state index >= 15 is 0 Å². The van der Waals surface area contributed by atoms with Gasteiger partial charge < -0.3 is 14.2 Å². The molecule has 0 N–H and O–H groups in total. The van der Waals surface area contributed by atoms with Gasteiger partial charge in [0.05, 0.1) is 18.1 Å². The number of rotatable bonds is 2. The van der Waals surface area contributed by atoms with Gasteiger partial charge >= 0.3 is 5.97 Å². The van der Waals surface area contributed by atoms with Crippen LogP contribution in [0.5, 0.6) is 0 Å². The second-order valence-electron chi connectivity index (χ2n) is 4.40. The maximum atomic E-state index is 11.4. The van der Waals surface area contributed by atoms with Crippen molar-refractivity contribution in [3.63, 3.8) is 0 Å². The number of aryl methyl sites for hydroxylation is 1. The Bertz CT molecular complexity index is 591. The Morgan fingerprint density at radius 2 is 2.22 bits per heavy atom. The van der Waals surface area contributed by atoms with Crippen molar-refractivity contribution in [2.45, 2.75) is 13.0 Å². The van der Waals surface area contributed by atoms with Gasteiger partial charge in [0.1, 0.15) is 6.54 Å². The molecule has 2 aromatic rings. The molecular formula is C13H15N3O2. The molecule has 0 atom stereocenters. The number of esters is 1. The van der Waals surface area contributed by atoms with Crippen LogP contribution >= 0.6 is 0 Å². The number of ether oxygens (including phenoxy) is 1. The molecule has 1 aromatic heterocycles. The minimum absolute atomic E-state index is 0.226. The Kier molecular flexibility index (Phi) is 2.66. The second-order valence-corrected chi connectivity index (χ2v) is 4.40. The summed E-state index contributed by atoms with van der Waals surface area (Å²) in [5.74, 6) is 0.642. The van der Waals surface area contributed by atoms with Gasteiger partial charge in [-0.3, -0.25) is 4.79 Å². The maximum Gasteiger partial charge on any atom is 0.325 e. The molecular weight excluding hydrogens is 230 g/mol. The molecule has 0 saturated carbocycles. The van der Waals surface area contributed by atoms with E-state index < -0.39 is 0 Å². The standard InChI is InChI=1S/C13H15N3O2/c1-18-12(17)9-15-7-4-8-16-11-6-3-2-5-10(11)14-13(15)16/h2-3,5-6H,4,7-9H2,1H3. The molecule has 94 valence electrons. The molecule has 0 fully saturated rings. The molecule has 1 aliphatic rings. The number of aromatic nitrogens is 2. The number of anilines is 1. The number of carbonyl (C=O) groups excluding carboxylic acids is 1. The number of fused-ring (bicyclic) bond motifs is 3. The lowest BCUT2D eigenvalue weighted by Gasteiger charge is -2.28. The van der Waals surface area contributed by atoms with Crippen LogP contribution in [0.1, 0.15) is 6.42 Å². The Hall–Kier alpha value is -2.04. The first-order valence-electron chi connectivity index (χ1n) is 6.06. The van der Waals surface area contributed by atoms with Gasteiger partial charge in [-0.1, -0.05) is 12.1 Å². The van der Waals surface area contributed by atoms with Crippen molar-refractivity contribution < 1.29 is 9.53 Å². The summed E-state index contributed by atoms with van der Waals surface area (Å²) < 4.78 is 6.89. The third kappa shape index (κ3) is 1.72.